The topological polar surface area (TPSA) is 12.0 Å². The molecule has 1 aliphatic carbocycles. The molecule has 1 aromatic heterocycles. The Morgan fingerprint density at radius 3 is 2.94 bits per heavy atom. The zero-order valence-corrected chi connectivity index (χ0v) is 11.1. The first-order valence-corrected chi connectivity index (χ1v) is 7.04. The molecule has 2 unspecified atom stereocenters. The lowest BCUT2D eigenvalue weighted by Crippen LogP contribution is -2.22. The molecule has 0 aliphatic heterocycles. The molecule has 1 N–H and O–H groups in total. The maximum atomic E-state index is 12.1. The van der Waals surface area contributed by atoms with Crippen molar-refractivity contribution in [3.63, 3.8) is 0 Å². The summed E-state index contributed by atoms with van der Waals surface area (Å²) in [5.41, 5.74) is 2.65. The van der Waals surface area contributed by atoms with E-state index in [0.29, 0.717) is 18.4 Å². The summed E-state index contributed by atoms with van der Waals surface area (Å²) in [5.74, 6) is 1.34. The fraction of sp³-hybridized carbons (Fsp3) is 0.692. The fourth-order valence-corrected chi connectivity index (χ4v) is 3.87. The molecule has 0 radical (unpaired) electrons. The van der Waals surface area contributed by atoms with Crippen LogP contribution in [0.25, 0.3) is 0 Å². The second-order valence-electron chi connectivity index (χ2n) is 5.07. The van der Waals surface area contributed by atoms with E-state index in [4.69, 9.17) is 0 Å². The summed E-state index contributed by atoms with van der Waals surface area (Å²) in [4.78, 5) is 1.47. The van der Waals surface area contributed by atoms with Gasteiger partial charge in [-0.3, -0.25) is 0 Å². The Hall–Kier alpha value is -0.480. The summed E-state index contributed by atoms with van der Waals surface area (Å²) in [6.07, 6.45) is 0.0917. The molecule has 0 bridgehead atoms. The highest BCUT2D eigenvalue weighted by Crippen LogP contribution is 2.40. The molecule has 0 fully saturated rings. The average molecular weight is 259 g/mol. The van der Waals surface area contributed by atoms with Gasteiger partial charge in [0.05, 0.1) is 6.54 Å². The molecule has 4 heteroatoms. The highest BCUT2D eigenvalue weighted by molar-refractivity contribution is 7.10. The van der Waals surface area contributed by atoms with E-state index in [0.717, 1.165) is 6.42 Å². The highest BCUT2D eigenvalue weighted by atomic mass is 32.1. The van der Waals surface area contributed by atoms with Crippen molar-refractivity contribution in [1.82, 2.24) is 5.32 Å². The van der Waals surface area contributed by atoms with Crippen LogP contribution in [0.1, 0.15) is 42.2 Å². The quantitative estimate of drug-likeness (QED) is 0.867. The van der Waals surface area contributed by atoms with Gasteiger partial charge in [0, 0.05) is 11.4 Å². The van der Waals surface area contributed by atoms with Gasteiger partial charge < -0.3 is 5.32 Å². The minimum absolute atomic E-state index is 0.213. The predicted octanol–water partition coefficient (Wildman–Crippen LogP) is 3.79. The molecule has 2 rings (SSSR count). The van der Waals surface area contributed by atoms with Gasteiger partial charge in [0.2, 0.25) is 0 Å². The Morgan fingerprint density at radius 1 is 1.47 bits per heavy atom. The Labute approximate surface area is 105 Å². The molecule has 96 valence electrons. The monoisotopic (exact) mass is 259 g/mol. The van der Waals surface area contributed by atoms with Crippen LogP contribution in [-0.4, -0.2) is 13.0 Å². The second kappa shape index (κ2) is 5.44. The molecule has 0 saturated heterocycles. The van der Waals surface area contributed by atoms with Gasteiger partial charge in [-0.1, -0.05) is 13.8 Å². The summed E-state index contributed by atoms with van der Waals surface area (Å²) in [6, 6.07) is 0. The standard InChI is InChI=1S/C13H19F2NS/c1-8-3-9(2)13-11(4-8)10(7-17-13)5-16-6-12(14)15/h7-9,12,16H,3-6H2,1-2H3. The number of fused-ring (bicyclic) bond motifs is 1. The SMILES string of the molecule is CC1Cc2c(CNCC(F)F)csc2C(C)C1. The van der Waals surface area contributed by atoms with Crippen molar-refractivity contribution in [3.8, 4) is 0 Å². The summed E-state index contributed by atoms with van der Waals surface area (Å²) in [7, 11) is 0. The van der Waals surface area contributed by atoms with Crippen LogP contribution in [0.15, 0.2) is 5.38 Å². The lowest BCUT2D eigenvalue weighted by molar-refractivity contribution is 0.145. The third-order valence-corrected chi connectivity index (χ3v) is 4.69. The van der Waals surface area contributed by atoms with Crippen molar-refractivity contribution >= 4 is 11.3 Å². The molecule has 1 nitrogen and oxygen atoms in total. The van der Waals surface area contributed by atoms with Gasteiger partial charge in [-0.2, -0.15) is 0 Å². The molecular weight excluding hydrogens is 240 g/mol. The van der Waals surface area contributed by atoms with Crippen molar-refractivity contribution < 1.29 is 8.78 Å². The molecule has 1 aromatic rings. The number of rotatable bonds is 4. The summed E-state index contributed by atoms with van der Waals surface area (Å²) in [6.45, 7) is 4.90. The van der Waals surface area contributed by atoms with Crippen LogP contribution in [0.5, 0.6) is 0 Å². The molecule has 1 aliphatic rings. The maximum absolute atomic E-state index is 12.1. The van der Waals surface area contributed by atoms with Crippen LogP contribution in [-0.2, 0) is 13.0 Å². The predicted molar refractivity (Wildman–Crippen MR) is 67.9 cm³/mol. The van der Waals surface area contributed by atoms with E-state index in [1.165, 1.54) is 22.4 Å². The number of thiophene rings is 1. The molecule has 17 heavy (non-hydrogen) atoms. The van der Waals surface area contributed by atoms with Crippen molar-refractivity contribution in [2.75, 3.05) is 6.54 Å². The Morgan fingerprint density at radius 2 is 2.24 bits per heavy atom. The van der Waals surface area contributed by atoms with E-state index in [2.05, 4.69) is 24.5 Å². The van der Waals surface area contributed by atoms with Crippen LogP contribution >= 0.6 is 11.3 Å². The van der Waals surface area contributed by atoms with Gasteiger partial charge in [-0.05, 0) is 41.2 Å². The number of hydrogen-bond acceptors (Lipinski definition) is 2. The van der Waals surface area contributed by atoms with E-state index in [1.54, 1.807) is 11.3 Å². The Bertz CT molecular complexity index is 375. The molecule has 2 atom stereocenters. The molecule has 1 heterocycles. The van der Waals surface area contributed by atoms with Crippen molar-refractivity contribution in [1.29, 1.82) is 0 Å². The van der Waals surface area contributed by atoms with Gasteiger partial charge in [-0.25, -0.2) is 8.78 Å². The second-order valence-corrected chi connectivity index (χ2v) is 5.98. The summed E-state index contributed by atoms with van der Waals surface area (Å²) >= 11 is 1.79. The van der Waals surface area contributed by atoms with Gasteiger partial charge >= 0.3 is 0 Å². The zero-order valence-electron chi connectivity index (χ0n) is 10.3. The molecule has 0 aromatic carbocycles. The molecule has 0 amide bonds. The number of nitrogens with one attached hydrogen (secondary N) is 1. The van der Waals surface area contributed by atoms with E-state index < -0.39 is 6.43 Å². The largest absolute Gasteiger partial charge is 0.307 e. The first kappa shape index (κ1) is 13.0. The normalized spacial score (nSPS) is 24.1. The zero-order chi connectivity index (χ0) is 12.4. The molecular formula is C13H19F2NS. The molecule has 0 saturated carbocycles. The van der Waals surface area contributed by atoms with Crippen molar-refractivity contribution in [2.45, 2.75) is 45.6 Å². The van der Waals surface area contributed by atoms with Gasteiger partial charge in [0.1, 0.15) is 0 Å². The lowest BCUT2D eigenvalue weighted by atomic mass is 9.82. The maximum Gasteiger partial charge on any atom is 0.250 e. The van der Waals surface area contributed by atoms with Gasteiger partial charge in [0.15, 0.2) is 0 Å². The van der Waals surface area contributed by atoms with Crippen LogP contribution in [0.3, 0.4) is 0 Å². The molecule has 0 spiro atoms. The smallest absolute Gasteiger partial charge is 0.250 e. The van der Waals surface area contributed by atoms with Gasteiger partial charge in [-0.15, -0.1) is 11.3 Å². The minimum Gasteiger partial charge on any atom is -0.307 e. The summed E-state index contributed by atoms with van der Waals surface area (Å²) in [5, 5.41) is 4.96. The van der Waals surface area contributed by atoms with E-state index >= 15 is 0 Å². The Balaban J connectivity index is 2.04. The van der Waals surface area contributed by atoms with Crippen LogP contribution in [0, 0.1) is 5.92 Å². The fourth-order valence-electron chi connectivity index (χ4n) is 2.69. The van der Waals surface area contributed by atoms with Crippen LogP contribution in [0.2, 0.25) is 0 Å². The van der Waals surface area contributed by atoms with Crippen LogP contribution in [0.4, 0.5) is 8.78 Å². The lowest BCUT2D eigenvalue weighted by Gasteiger charge is -2.25. The third-order valence-electron chi connectivity index (χ3n) is 3.38. The first-order valence-electron chi connectivity index (χ1n) is 6.16. The number of halogens is 2. The van der Waals surface area contributed by atoms with Crippen LogP contribution < -0.4 is 5.32 Å². The summed E-state index contributed by atoms with van der Waals surface area (Å²) < 4.78 is 24.1. The number of alkyl halides is 2. The number of hydrogen-bond donors (Lipinski definition) is 1. The average Bonchev–Trinajstić information content (AvgIpc) is 2.61. The van der Waals surface area contributed by atoms with E-state index in [9.17, 15) is 8.78 Å². The highest BCUT2D eigenvalue weighted by Gasteiger charge is 2.25. The van der Waals surface area contributed by atoms with Crippen molar-refractivity contribution in [3.05, 3.63) is 21.4 Å². The first-order chi connectivity index (χ1) is 8.08. The van der Waals surface area contributed by atoms with E-state index in [-0.39, 0.29) is 6.54 Å². The van der Waals surface area contributed by atoms with E-state index in [1.807, 2.05) is 0 Å². The van der Waals surface area contributed by atoms with Crippen molar-refractivity contribution in [2.24, 2.45) is 5.92 Å². The minimum atomic E-state index is -2.26. The van der Waals surface area contributed by atoms with Gasteiger partial charge in [0.25, 0.3) is 6.43 Å². The Kier molecular flexibility index (Phi) is 4.15. The third kappa shape index (κ3) is 3.05.